The number of benzene rings is 2. The van der Waals surface area contributed by atoms with Gasteiger partial charge >= 0.3 is 0 Å². The second-order valence-corrected chi connectivity index (χ2v) is 7.04. The average Bonchev–Trinajstić information content (AvgIpc) is 3.54. The number of rotatable bonds is 7. The first-order valence-electron chi connectivity index (χ1n) is 9.28. The summed E-state index contributed by atoms with van der Waals surface area (Å²) in [5.41, 5.74) is 6.94. The molecule has 1 aliphatic rings. The van der Waals surface area contributed by atoms with Gasteiger partial charge in [0.25, 0.3) is 11.8 Å². The van der Waals surface area contributed by atoms with E-state index in [0.717, 1.165) is 22.9 Å². The van der Waals surface area contributed by atoms with E-state index < -0.39 is 5.91 Å². The standard InChI is InChI=1S/C22H21N3O3/c23-21(26)20-10-15(8-9-24-20)13-28-17-6-7-18-16(11-17)2-1-3-19(18)22(27)25-12-14-4-5-14/h1-3,6-11,14H,4-5,12-13H2,(H2,23,26)(H,25,27). The maximum absolute atomic E-state index is 12.5. The molecule has 1 heterocycles. The fourth-order valence-corrected chi connectivity index (χ4v) is 3.07. The first-order valence-corrected chi connectivity index (χ1v) is 9.28. The highest BCUT2D eigenvalue weighted by Gasteiger charge is 2.22. The fourth-order valence-electron chi connectivity index (χ4n) is 3.07. The summed E-state index contributed by atoms with van der Waals surface area (Å²) < 4.78 is 5.84. The molecule has 3 aromatic rings. The zero-order chi connectivity index (χ0) is 19.5. The van der Waals surface area contributed by atoms with Gasteiger partial charge in [-0.3, -0.25) is 14.6 Å². The zero-order valence-corrected chi connectivity index (χ0v) is 15.4. The van der Waals surface area contributed by atoms with Crippen LogP contribution in [0.5, 0.6) is 5.75 Å². The van der Waals surface area contributed by atoms with Crippen LogP contribution in [-0.4, -0.2) is 23.3 Å². The Kier molecular flexibility index (Phi) is 4.93. The summed E-state index contributed by atoms with van der Waals surface area (Å²) in [5.74, 6) is 0.713. The molecule has 0 saturated heterocycles. The molecule has 2 amide bonds. The molecule has 0 radical (unpaired) electrons. The molecule has 142 valence electrons. The predicted octanol–water partition coefficient (Wildman–Crippen LogP) is 3.05. The number of amides is 2. The maximum atomic E-state index is 12.5. The van der Waals surface area contributed by atoms with E-state index in [-0.39, 0.29) is 18.2 Å². The molecule has 1 saturated carbocycles. The van der Waals surface area contributed by atoms with E-state index in [0.29, 0.717) is 17.2 Å². The molecule has 6 nitrogen and oxygen atoms in total. The number of carbonyl (C=O) groups excluding carboxylic acids is 2. The Bertz CT molecular complexity index is 1040. The molecule has 1 aromatic heterocycles. The van der Waals surface area contributed by atoms with E-state index >= 15 is 0 Å². The fraction of sp³-hybridized carbons (Fsp3) is 0.227. The molecule has 4 rings (SSSR count). The van der Waals surface area contributed by atoms with Gasteiger partial charge in [0.05, 0.1) is 0 Å². The average molecular weight is 375 g/mol. The Morgan fingerprint density at radius 3 is 2.79 bits per heavy atom. The van der Waals surface area contributed by atoms with E-state index in [9.17, 15) is 9.59 Å². The van der Waals surface area contributed by atoms with Gasteiger partial charge in [0.15, 0.2) is 0 Å². The predicted molar refractivity (Wildman–Crippen MR) is 106 cm³/mol. The van der Waals surface area contributed by atoms with Crippen LogP contribution in [0.25, 0.3) is 10.8 Å². The van der Waals surface area contributed by atoms with Gasteiger partial charge in [-0.05, 0) is 71.5 Å². The number of nitrogens with two attached hydrogens (primary N) is 1. The number of pyridine rings is 1. The smallest absolute Gasteiger partial charge is 0.267 e. The number of hydrogen-bond donors (Lipinski definition) is 2. The molecule has 0 bridgehead atoms. The number of ether oxygens (including phenoxy) is 1. The van der Waals surface area contributed by atoms with Crippen molar-refractivity contribution in [2.45, 2.75) is 19.4 Å². The van der Waals surface area contributed by atoms with Crippen LogP contribution < -0.4 is 15.8 Å². The Labute approximate surface area is 162 Å². The largest absolute Gasteiger partial charge is 0.489 e. The normalized spacial score (nSPS) is 13.3. The first kappa shape index (κ1) is 18.0. The van der Waals surface area contributed by atoms with Crippen LogP contribution in [0.4, 0.5) is 0 Å². The molecule has 2 aromatic carbocycles. The number of carbonyl (C=O) groups is 2. The second-order valence-electron chi connectivity index (χ2n) is 7.04. The minimum absolute atomic E-state index is 0.0399. The number of fused-ring (bicyclic) bond motifs is 1. The summed E-state index contributed by atoms with van der Waals surface area (Å²) in [6.07, 6.45) is 3.94. The van der Waals surface area contributed by atoms with Crippen molar-refractivity contribution in [2.75, 3.05) is 6.54 Å². The molecule has 6 heteroatoms. The molecule has 1 fully saturated rings. The van der Waals surface area contributed by atoms with Crippen LogP contribution in [0.3, 0.4) is 0 Å². The van der Waals surface area contributed by atoms with Crippen molar-refractivity contribution < 1.29 is 14.3 Å². The lowest BCUT2D eigenvalue weighted by atomic mass is 10.0. The molecule has 0 spiro atoms. The highest BCUT2D eigenvalue weighted by Crippen LogP contribution is 2.28. The van der Waals surface area contributed by atoms with Crippen molar-refractivity contribution >= 4 is 22.6 Å². The van der Waals surface area contributed by atoms with Crippen molar-refractivity contribution in [1.82, 2.24) is 10.3 Å². The Morgan fingerprint density at radius 1 is 1.14 bits per heavy atom. The summed E-state index contributed by atoms with van der Waals surface area (Å²) in [7, 11) is 0. The van der Waals surface area contributed by atoms with Gasteiger partial charge in [-0.1, -0.05) is 12.1 Å². The summed E-state index contributed by atoms with van der Waals surface area (Å²) >= 11 is 0. The van der Waals surface area contributed by atoms with E-state index in [1.54, 1.807) is 12.1 Å². The van der Waals surface area contributed by atoms with Crippen LogP contribution in [0.2, 0.25) is 0 Å². The van der Waals surface area contributed by atoms with E-state index in [4.69, 9.17) is 10.5 Å². The van der Waals surface area contributed by atoms with Crippen LogP contribution >= 0.6 is 0 Å². The monoisotopic (exact) mass is 375 g/mol. The van der Waals surface area contributed by atoms with Crippen molar-refractivity contribution in [3.8, 4) is 5.75 Å². The lowest BCUT2D eigenvalue weighted by Crippen LogP contribution is -2.25. The summed E-state index contributed by atoms with van der Waals surface area (Å²) in [6.45, 7) is 1.03. The number of hydrogen-bond acceptors (Lipinski definition) is 4. The molecule has 0 atom stereocenters. The van der Waals surface area contributed by atoms with Gasteiger partial charge in [0, 0.05) is 18.3 Å². The minimum atomic E-state index is -0.569. The third-order valence-electron chi connectivity index (χ3n) is 4.83. The van der Waals surface area contributed by atoms with Gasteiger partial charge in [0.1, 0.15) is 18.1 Å². The lowest BCUT2D eigenvalue weighted by molar-refractivity contribution is 0.0952. The van der Waals surface area contributed by atoms with Crippen molar-refractivity contribution in [1.29, 1.82) is 0 Å². The van der Waals surface area contributed by atoms with Gasteiger partial charge in [-0.15, -0.1) is 0 Å². The van der Waals surface area contributed by atoms with Crippen LogP contribution in [-0.2, 0) is 6.61 Å². The highest BCUT2D eigenvalue weighted by atomic mass is 16.5. The molecular formula is C22H21N3O3. The zero-order valence-electron chi connectivity index (χ0n) is 15.4. The Hall–Kier alpha value is -3.41. The van der Waals surface area contributed by atoms with Crippen LogP contribution in [0.15, 0.2) is 54.7 Å². The van der Waals surface area contributed by atoms with Crippen molar-refractivity contribution in [2.24, 2.45) is 11.7 Å². The molecule has 0 aliphatic heterocycles. The molecular weight excluding hydrogens is 354 g/mol. The van der Waals surface area contributed by atoms with Crippen LogP contribution in [0, 0.1) is 5.92 Å². The molecule has 1 aliphatic carbocycles. The summed E-state index contributed by atoms with van der Waals surface area (Å²) in [5, 5.41) is 4.84. The number of aromatic nitrogens is 1. The van der Waals surface area contributed by atoms with Crippen molar-refractivity contribution in [3.63, 3.8) is 0 Å². The summed E-state index contributed by atoms with van der Waals surface area (Å²) in [4.78, 5) is 27.6. The quantitative estimate of drug-likeness (QED) is 0.664. The third-order valence-corrected chi connectivity index (χ3v) is 4.83. The number of nitrogens with zero attached hydrogens (tertiary/aromatic N) is 1. The number of nitrogens with one attached hydrogen (secondary N) is 1. The topological polar surface area (TPSA) is 94.3 Å². The van der Waals surface area contributed by atoms with Crippen molar-refractivity contribution in [3.05, 3.63) is 71.5 Å². The van der Waals surface area contributed by atoms with Gasteiger partial charge in [0.2, 0.25) is 0 Å². The van der Waals surface area contributed by atoms with Gasteiger partial charge in [-0.2, -0.15) is 0 Å². The molecule has 0 unspecified atom stereocenters. The van der Waals surface area contributed by atoms with Gasteiger partial charge in [-0.25, -0.2) is 0 Å². The highest BCUT2D eigenvalue weighted by molar-refractivity contribution is 6.07. The number of primary amides is 1. The summed E-state index contributed by atoms with van der Waals surface area (Å²) in [6, 6.07) is 14.7. The van der Waals surface area contributed by atoms with E-state index in [1.165, 1.54) is 19.0 Å². The Balaban J connectivity index is 1.49. The van der Waals surface area contributed by atoms with Crippen LogP contribution in [0.1, 0.15) is 39.3 Å². The second kappa shape index (κ2) is 7.68. The first-order chi connectivity index (χ1) is 13.6. The molecule has 28 heavy (non-hydrogen) atoms. The minimum Gasteiger partial charge on any atom is -0.489 e. The SMILES string of the molecule is NC(=O)c1cc(COc2ccc3c(C(=O)NCC4CC4)cccc3c2)ccn1. The Morgan fingerprint density at radius 2 is 2.00 bits per heavy atom. The van der Waals surface area contributed by atoms with E-state index in [2.05, 4.69) is 10.3 Å². The lowest BCUT2D eigenvalue weighted by Gasteiger charge is -2.11. The van der Waals surface area contributed by atoms with E-state index in [1.807, 2.05) is 36.4 Å². The third kappa shape index (κ3) is 4.11. The van der Waals surface area contributed by atoms with Gasteiger partial charge < -0.3 is 15.8 Å². The molecule has 3 N–H and O–H groups in total. The maximum Gasteiger partial charge on any atom is 0.267 e.